The monoisotopic (exact) mass is 342 g/mol. The van der Waals surface area contributed by atoms with Crippen molar-refractivity contribution in [3.8, 4) is 0 Å². The van der Waals surface area contributed by atoms with Crippen molar-refractivity contribution < 1.29 is 4.79 Å². The molecule has 0 aliphatic heterocycles. The summed E-state index contributed by atoms with van der Waals surface area (Å²) in [5.74, 6) is 4.57. The van der Waals surface area contributed by atoms with E-state index in [1.54, 1.807) is 0 Å². The predicted molar refractivity (Wildman–Crippen MR) is 104 cm³/mol. The first-order valence-electron chi connectivity index (χ1n) is 10.8. The van der Waals surface area contributed by atoms with Gasteiger partial charge < -0.3 is 0 Å². The van der Waals surface area contributed by atoms with Gasteiger partial charge in [0.05, 0.1) is 0 Å². The van der Waals surface area contributed by atoms with Gasteiger partial charge in [-0.15, -0.1) is 0 Å². The minimum atomic E-state index is 0.299. The van der Waals surface area contributed by atoms with Crippen LogP contribution in [-0.4, -0.2) is 5.78 Å². The Morgan fingerprint density at radius 1 is 1.04 bits per heavy atom. The zero-order valence-corrected chi connectivity index (χ0v) is 17.3. The first kappa shape index (κ1) is 17.8. The van der Waals surface area contributed by atoms with Crippen LogP contribution >= 0.6 is 0 Å². The van der Waals surface area contributed by atoms with Gasteiger partial charge in [0.2, 0.25) is 0 Å². The van der Waals surface area contributed by atoms with Crippen LogP contribution in [0.1, 0.15) is 86.5 Å². The average molecular weight is 343 g/mol. The van der Waals surface area contributed by atoms with Crippen LogP contribution in [0.3, 0.4) is 0 Å². The molecule has 4 rings (SSSR count). The lowest BCUT2D eigenvalue weighted by Crippen LogP contribution is -2.55. The van der Waals surface area contributed by atoms with Gasteiger partial charge in [0.1, 0.15) is 0 Å². The fourth-order valence-electron chi connectivity index (χ4n) is 7.71. The summed E-state index contributed by atoms with van der Waals surface area (Å²) in [7, 11) is 0. The Morgan fingerprint density at radius 2 is 1.76 bits per heavy atom. The van der Waals surface area contributed by atoms with E-state index in [4.69, 9.17) is 0 Å². The number of fused-ring (bicyclic) bond motifs is 5. The highest BCUT2D eigenvalue weighted by Gasteiger charge is 2.61. The highest BCUT2D eigenvalue weighted by atomic mass is 16.1. The number of rotatable bonds is 0. The summed E-state index contributed by atoms with van der Waals surface area (Å²) in [5, 5.41) is 0. The van der Waals surface area contributed by atoms with E-state index in [1.807, 2.05) is 0 Å². The Morgan fingerprint density at radius 3 is 2.44 bits per heavy atom. The van der Waals surface area contributed by atoms with Crippen molar-refractivity contribution in [3.05, 3.63) is 11.6 Å². The molecule has 0 heterocycles. The smallest absolute Gasteiger partial charge is 0.155 e. The fourth-order valence-corrected chi connectivity index (χ4v) is 7.71. The van der Waals surface area contributed by atoms with Crippen LogP contribution in [0, 0.1) is 45.8 Å². The maximum atomic E-state index is 12.2. The normalized spacial score (nSPS) is 49.9. The molecule has 140 valence electrons. The maximum Gasteiger partial charge on any atom is 0.155 e. The van der Waals surface area contributed by atoms with Gasteiger partial charge in [0.15, 0.2) is 5.78 Å². The molecule has 0 saturated heterocycles. The molecule has 0 spiro atoms. The Balaban J connectivity index is 1.81. The molecule has 3 fully saturated rings. The van der Waals surface area contributed by atoms with Gasteiger partial charge in [-0.25, -0.2) is 0 Å². The average Bonchev–Trinajstić information content (AvgIpc) is 2.82. The van der Waals surface area contributed by atoms with E-state index >= 15 is 0 Å². The molecule has 0 bridgehead atoms. The minimum absolute atomic E-state index is 0.299. The van der Waals surface area contributed by atoms with Crippen LogP contribution in [0.5, 0.6) is 0 Å². The Hall–Kier alpha value is -0.590. The Labute approximate surface area is 155 Å². The summed E-state index contributed by atoms with van der Waals surface area (Å²) in [5.41, 5.74) is 2.70. The second kappa shape index (κ2) is 5.46. The molecule has 0 amide bonds. The molecule has 7 atom stereocenters. The topological polar surface area (TPSA) is 17.1 Å². The maximum absolute atomic E-state index is 12.2. The summed E-state index contributed by atoms with van der Waals surface area (Å²) >= 11 is 0. The van der Waals surface area contributed by atoms with E-state index in [0.29, 0.717) is 22.0 Å². The third kappa shape index (κ3) is 2.43. The Kier molecular flexibility index (Phi) is 3.89. The van der Waals surface area contributed by atoms with Gasteiger partial charge in [0.25, 0.3) is 0 Å². The summed E-state index contributed by atoms with van der Waals surface area (Å²) in [4.78, 5) is 12.2. The van der Waals surface area contributed by atoms with Crippen LogP contribution < -0.4 is 0 Å². The first-order chi connectivity index (χ1) is 11.6. The molecule has 0 N–H and O–H groups in total. The number of ketones is 1. The standard InChI is InChI=1S/C24H38O/c1-15-7-8-18-21-19(10-12-23(15,18)5)24(6)11-9-17(25)13-16(24)14-20(21)22(2,3)4/h13,15,18-21H,7-12,14H2,1-6H3/t15-,18-,19-,20-,21-,23+,24-/m0/s1. The molecule has 0 unspecified atom stereocenters. The molecular formula is C24H38O. The van der Waals surface area contributed by atoms with E-state index in [9.17, 15) is 4.79 Å². The van der Waals surface area contributed by atoms with E-state index in [2.05, 4.69) is 47.6 Å². The van der Waals surface area contributed by atoms with Gasteiger partial charge >= 0.3 is 0 Å². The lowest BCUT2D eigenvalue weighted by atomic mass is 9.42. The lowest BCUT2D eigenvalue weighted by Gasteiger charge is -2.62. The number of hydrogen-bond acceptors (Lipinski definition) is 1. The summed E-state index contributed by atoms with van der Waals surface area (Å²) < 4.78 is 0. The van der Waals surface area contributed by atoms with E-state index in [0.717, 1.165) is 42.4 Å². The third-order valence-electron chi connectivity index (χ3n) is 9.60. The molecular weight excluding hydrogens is 304 g/mol. The van der Waals surface area contributed by atoms with Crippen molar-refractivity contribution >= 4 is 5.78 Å². The number of hydrogen-bond donors (Lipinski definition) is 0. The summed E-state index contributed by atoms with van der Waals surface area (Å²) in [6.07, 6.45) is 10.8. The molecule has 0 aromatic heterocycles. The van der Waals surface area contributed by atoms with Gasteiger partial charge in [-0.2, -0.15) is 0 Å². The van der Waals surface area contributed by atoms with Crippen LogP contribution in [0.4, 0.5) is 0 Å². The van der Waals surface area contributed by atoms with E-state index < -0.39 is 0 Å². The quantitative estimate of drug-likeness (QED) is 0.496. The molecule has 3 saturated carbocycles. The summed E-state index contributed by atoms with van der Waals surface area (Å²) in [6.45, 7) is 15.0. The number of carbonyl (C=O) groups is 1. The van der Waals surface area contributed by atoms with Crippen LogP contribution in [0.15, 0.2) is 11.6 Å². The van der Waals surface area contributed by atoms with Crippen molar-refractivity contribution in [2.75, 3.05) is 0 Å². The second-order valence-corrected chi connectivity index (χ2v) is 11.5. The van der Waals surface area contributed by atoms with Gasteiger partial charge in [0, 0.05) is 6.42 Å². The molecule has 0 aromatic rings. The van der Waals surface area contributed by atoms with Gasteiger partial charge in [-0.05, 0) is 90.4 Å². The minimum Gasteiger partial charge on any atom is -0.295 e. The number of allylic oxidation sites excluding steroid dienone is 1. The largest absolute Gasteiger partial charge is 0.295 e. The second-order valence-electron chi connectivity index (χ2n) is 11.5. The summed E-state index contributed by atoms with van der Waals surface area (Å²) in [6, 6.07) is 0. The number of carbonyl (C=O) groups excluding carboxylic acids is 1. The molecule has 4 aliphatic carbocycles. The molecule has 4 aliphatic rings. The molecule has 0 radical (unpaired) electrons. The third-order valence-corrected chi connectivity index (χ3v) is 9.60. The fraction of sp³-hybridized carbons (Fsp3) is 0.875. The van der Waals surface area contributed by atoms with E-state index in [-0.39, 0.29) is 0 Å². The zero-order valence-electron chi connectivity index (χ0n) is 17.3. The van der Waals surface area contributed by atoms with Crippen molar-refractivity contribution in [2.24, 2.45) is 45.8 Å². The molecule has 1 nitrogen and oxygen atoms in total. The highest BCUT2D eigenvalue weighted by molar-refractivity contribution is 5.91. The van der Waals surface area contributed by atoms with Crippen molar-refractivity contribution in [1.82, 2.24) is 0 Å². The van der Waals surface area contributed by atoms with Crippen LogP contribution in [0.2, 0.25) is 0 Å². The van der Waals surface area contributed by atoms with Gasteiger partial charge in [-0.1, -0.05) is 47.1 Å². The lowest BCUT2D eigenvalue weighted by molar-refractivity contribution is -0.121. The highest BCUT2D eigenvalue weighted by Crippen LogP contribution is 2.69. The van der Waals surface area contributed by atoms with Crippen LogP contribution in [0.25, 0.3) is 0 Å². The zero-order chi connectivity index (χ0) is 18.2. The molecule has 25 heavy (non-hydrogen) atoms. The van der Waals surface area contributed by atoms with Crippen LogP contribution in [-0.2, 0) is 4.79 Å². The SMILES string of the molecule is C[C@H]1CC[C@H]2[C@@H]3[C@@H](C(C)(C)C)CC4=CC(=O)CC[C@]4(C)[C@H]3CC[C@]12C. The van der Waals surface area contributed by atoms with Crippen molar-refractivity contribution in [1.29, 1.82) is 0 Å². The Bertz CT molecular complexity index is 608. The molecule has 0 aromatic carbocycles. The first-order valence-corrected chi connectivity index (χ1v) is 10.8. The van der Waals surface area contributed by atoms with Crippen molar-refractivity contribution in [2.45, 2.75) is 86.5 Å². The van der Waals surface area contributed by atoms with E-state index in [1.165, 1.54) is 37.7 Å². The predicted octanol–water partition coefficient (Wildman–Crippen LogP) is 6.43. The van der Waals surface area contributed by atoms with Crippen molar-refractivity contribution in [3.63, 3.8) is 0 Å². The van der Waals surface area contributed by atoms with Gasteiger partial charge in [-0.3, -0.25) is 4.79 Å². The molecule has 1 heteroatoms.